The number of sulfonamides is 1. The van der Waals surface area contributed by atoms with Crippen LogP contribution in [0.1, 0.15) is 31.2 Å². The SMILES string of the molecule is CS(=O)(=O)NC1CCCCC1NC(=O)Nc1ccccc1C(F)(F)F. The molecule has 0 radical (unpaired) electrons. The molecule has 0 aromatic heterocycles. The summed E-state index contributed by atoms with van der Waals surface area (Å²) in [6, 6.07) is 2.90. The Bertz CT molecular complexity index is 722. The third-order valence-electron chi connectivity index (χ3n) is 3.93. The van der Waals surface area contributed by atoms with Crippen LogP contribution in [0.25, 0.3) is 0 Å². The molecule has 1 aliphatic carbocycles. The van der Waals surface area contributed by atoms with Crippen molar-refractivity contribution in [3.63, 3.8) is 0 Å². The highest BCUT2D eigenvalue weighted by Crippen LogP contribution is 2.34. The zero-order chi connectivity index (χ0) is 18.7. The van der Waals surface area contributed by atoms with E-state index in [2.05, 4.69) is 15.4 Å². The quantitative estimate of drug-likeness (QED) is 0.752. The molecule has 2 atom stereocenters. The third-order valence-corrected chi connectivity index (χ3v) is 4.66. The highest BCUT2D eigenvalue weighted by Gasteiger charge is 2.34. The first-order valence-corrected chi connectivity index (χ1v) is 9.66. The fourth-order valence-electron chi connectivity index (χ4n) is 2.89. The minimum Gasteiger partial charge on any atom is -0.334 e. The number of para-hydroxylation sites is 1. The van der Waals surface area contributed by atoms with Crippen molar-refractivity contribution in [3.8, 4) is 0 Å². The molecule has 2 amide bonds. The lowest BCUT2D eigenvalue weighted by Gasteiger charge is -2.32. The van der Waals surface area contributed by atoms with Crippen LogP contribution < -0.4 is 15.4 Å². The molecular weight excluding hydrogens is 359 g/mol. The molecule has 0 saturated heterocycles. The zero-order valence-electron chi connectivity index (χ0n) is 13.6. The van der Waals surface area contributed by atoms with Gasteiger partial charge in [-0.05, 0) is 25.0 Å². The average molecular weight is 379 g/mol. The van der Waals surface area contributed by atoms with E-state index >= 15 is 0 Å². The summed E-state index contributed by atoms with van der Waals surface area (Å²) >= 11 is 0. The molecular formula is C15H20F3N3O3S. The standard InChI is InChI=1S/C15H20F3N3O3S/c1-25(23,24)21-13-9-5-4-8-12(13)20-14(22)19-11-7-3-2-6-10(11)15(16,17)18/h2-3,6-7,12-13,21H,4-5,8-9H2,1H3,(H2,19,20,22). The van der Waals surface area contributed by atoms with Crippen LogP contribution in [-0.4, -0.2) is 32.8 Å². The maximum absolute atomic E-state index is 13.0. The smallest absolute Gasteiger partial charge is 0.334 e. The van der Waals surface area contributed by atoms with E-state index in [1.54, 1.807) is 0 Å². The van der Waals surface area contributed by atoms with Gasteiger partial charge in [-0.2, -0.15) is 13.2 Å². The first-order chi connectivity index (χ1) is 11.6. The van der Waals surface area contributed by atoms with Crippen LogP contribution in [0.5, 0.6) is 0 Å². The molecule has 1 fully saturated rings. The normalized spacial score (nSPS) is 21.6. The van der Waals surface area contributed by atoms with E-state index in [0.717, 1.165) is 31.2 Å². The van der Waals surface area contributed by atoms with Crippen LogP contribution in [-0.2, 0) is 16.2 Å². The Kier molecular flexibility index (Phi) is 5.94. The van der Waals surface area contributed by atoms with Gasteiger partial charge in [0.15, 0.2) is 0 Å². The summed E-state index contributed by atoms with van der Waals surface area (Å²) in [6.07, 6.45) is -0.859. The van der Waals surface area contributed by atoms with Gasteiger partial charge in [-0.25, -0.2) is 17.9 Å². The van der Waals surface area contributed by atoms with Crippen LogP contribution >= 0.6 is 0 Å². The number of carbonyl (C=O) groups is 1. The number of benzene rings is 1. The number of alkyl halides is 3. The molecule has 6 nitrogen and oxygen atoms in total. The lowest BCUT2D eigenvalue weighted by molar-refractivity contribution is -0.136. The summed E-state index contributed by atoms with van der Waals surface area (Å²) in [6.45, 7) is 0. The lowest BCUT2D eigenvalue weighted by atomic mass is 9.91. The molecule has 0 bridgehead atoms. The summed E-state index contributed by atoms with van der Waals surface area (Å²) in [7, 11) is -3.45. The Balaban J connectivity index is 2.07. The van der Waals surface area contributed by atoms with E-state index in [9.17, 15) is 26.4 Å². The number of nitrogens with one attached hydrogen (secondary N) is 3. The van der Waals surface area contributed by atoms with Gasteiger partial charge in [-0.3, -0.25) is 0 Å². The molecule has 1 aliphatic rings. The molecule has 3 N–H and O–H groups in total. The number of urea groups is 1. The maximum Gasteiger partial charge on any atom is 0.418 e. The van der Waals surface area contributed by atoms with E-state index in [0.29, 0.717) is 12.8 Å². The maximum atomic E-state index is 13.0. The highest BCUT2D eigenvalue weighted by molar-refractivity contribution is 7.88. The second kappa shape index (κ2) is 7.61. The second-order valence-corrected chi connectivity index (χ2v) is 7.81. The summed E-state index contributed by atoms with van der Waals surface area (Å²) < 4.78 is 64.2. The molecule has 140 valence electrons. The van der Waals surface area contributed by atoms with Gasteiger partial charge >= 0.3 is 12.2 Å². The molecule has 1 aromatic carbocycles. The van der Waals surface area contributed by atoms with Crippen LogP contribution in [0.15, 0.2) is 24.3 Å². The molecule has 25 heavy (non-hydrogen) atoms. The number of anilines is 1. The number of hydrogen-bond donors (Lipinski definition) is 3. The Morgan fingerprint density at radius 3 is 2.32 bits per heavy atom. The van der Waals surface area contributed by atoms with Gasteiger partial charge in [-0.1, -0.05) is 25.0 Å². The van der Waals surface area contributed by atoms with Crippen molar-refractivity contribution in [2.75, 3.05) is 11.6 Å². The van der Waals surface area contributed by atoms with E-state index < -0.39 is 39.9 Å². The van der Waals surface area contributed by atoms with E-state index in [1.165, 1.54) is 12.1 Å². The van der Waals surface area contributed by atoms with Gasteiger partial charge in [0.2, 0.25) is 10.0 Å². The fourth-order valence-corrected chi connectivity index (χ4v) is 3.72. The largest absolute Gasteiger partial charge is 0.418 e. The molecule has 0 aliphatic heterocycles. The predicted molar refractivity (Wildman–Crippen MR) is 87.6 cm³/mol. The van der Waals surface area contributed by atoms with Gasteiger partial charge in [0.25, 0.3) is 0 Å². The molecule has 2 rings (SSSR count). The lowest BCUT2D eigenvalue weighted by Crippen LogP contribution is -2.53. The van der Waals surface area contributed by atoms with Crippen molar-refractivity contribution >= 4 is 21.7 Å². The van der Waals surface area contributed by atoms with E-state index in [-0.39, 0.29) is 5.69 Å². The monoisotopic (exact) mass is 379 g/mol. The third kappa shape index (κ3) is 5.89. The van der Waals surface area contributed by atoms with Crippen molar-refractivity contribution in [2.45, 2.75) is 43.9 Å². The Morgan fingerprint density at radius 1 is 1.12 bits per heavy atom. The Labute approximate surface area is 144 Å². The Hall–Kier alpha value is -1.81. The minimum atomic E-state index is -4.59. The number of hydrogen-bond acceptors (Lipinski definition) is 3. The predicted octanol–water partition coefficient (Wildman–Crippen LogP) is 2.69. The van der Waals surface area contributed by atoms with Crippen molar-refractivity contribution in [2.24, 2.45) is 0 Å². The Morgan fingerprint density at radius 2 is 1.72 bits per heavy atom. The van der Waals surface area contributed by atoms with Gasteiger partial charge < -0.3 is 10.6 Å². The zero-order valence-corrected chi connectivity index (χ0v) is 14.4. The average Bonchev–Trinajstić information content (AvgIpc) is 2.47. The van der Waals surface area contributed by atoms with Crippen molar-refractivity contribution in [1.29, 1.82) is 0 Å². The first-order valence-electron chi connectivity index (χ1n) is 7.77. The van der Waals surface area contributed by atoms with Crippen LogP contribution in [0.2, 0.25) is 0 Å². The first kappa shape index (κ1) is 19.5. The molecule has 0 spiro atoms. The summed E-state index contributed by atoms with van der Waals surface area (Å²) in [5.74, 6) is 0. The summed E-state index contributed by atoms with van der Waals surface area (Å²) in [5.41, 5.74) is -1.30. The molecule has 10 heteroatoms. The van der Waals surface area contributed by atoms with Crippen molar-refractivity contribution < 1.29 is 26.4 Å². The number of carbonyl (C=O) groups excluding carboxylic acids is 1. The summed E-state index contributed by atoms with van der Waals surface area (Å²) in [5, 5.41) is 4.77. The molecule has 1 aromatic rings. The number of halogens is 3. The highest BCUT2D eigenvalue weighted by atomic mass is 32.2. The van der Waals surface area contributed by atoms with Crippen LogP contribution in [0, 0.1) is 0 Å². The summed E-state index contributed by atoms with van der Waals surface area (Å²) in [4.78, 5) is 12.1. The van der Waals surface area contributed by atoms with E-state index in [4.69, 9.17) is 0 Å². The van der Waals surface area contributed by atoms with Crippen molar-refractivity contribution in [3.05, 3.63) is 29.8 Å². The molecule has 2 unspecified atom stereocenters. The van der Waals surface area contributed by atoms with Gasteiger partial charge in [0, 0.05) is 12.1 Å². The van der Waals surface area contributed by atoms with Crippen LogP contribution in [0.4, 0.5) is 23.7 Å². The second-order valence-electron chi connectivity index (χ2n) is 6.03. The van der Waals surface area contributed by atoms with Gasteiger partial charge in [0.05, 0.1) is 17.5 Å². The van der Waals surface area contributed by atoms with Crippen molar-refractivity contribution in [1.82, 2.24) is 10.0 Å². The van der Waals surface area contributed by atoms with Crippen LogP contribution in [0.3, 0.4) is 0 Å². The molecule has 0 heterocycles. The van der Waals surface area contributed by atoms with Gasteiger partial charge in [0.1, 0.15) is 0 Å². The number of rotatable bonds is 4. The minimum absolute atomic E-state index is 0.351. The number of amides is 2. The van der Waals surface area contributed by atoms with Gasteiger partial charge in [-0.15, -0.1) is 0 Å². The fraction of sp³-hybridized carbons (Fsp3) is 0.533. The topological polar surface area (TPSA) is 87.3 Å². The molecule has 1 saturated carbocycles. The van der Waals surface area contributed by atoms with E-state index in [1.807, 2.05) is 0 Å².